The van der Waals surface area contributed by atoms with Gasteiger partial charge in [0.15, 0.2) is 5.82 Å². The zero-order valence-electron chi connectivity index (χ0n) is 7.87. The van der Waals surface area contributed by atoms with Crippen molar-refractivity contribution in [1.29, 1.82) is 0 Å². The average Bonchev–Trinajstić information content (AvgIpc) is 2.45. The summed E-state index contributed by atoms with van der Waals surface area (Å²) < 4.78 is 0. The van der Waals surface area contributed by atoms with E-state index in [0.717, 1.165) is 5.71 Å². The number of carbonyl (C=O) groups excluding carboxylic acids is 1. The molecule has 0 saturated heterocycles. The quantitative estimate of drug-likeness (QED) is 0.761. The molecule has 0 fully saturated rings. The van der Waals surface area contributed by atoms with E-state index in [-0.39, 0.29) is 5.91 Å². The van der Waals surface area contributed by atoms with Crippen molar-refractivity contribution in [3.05, 3.63) is 22.3 Å². The van der Waals surface area contributed by atoms with Crippen LogP contribution in [0.4, 0.5) is 5.82 Å². The Morgan fingerprint density at radius 3 is 2.73 bits per heavy atom. The lowest BCUT2D eigenvalue weighted by molar-refractivity contribution is -0.116. The molecular weight excluding hydrogens is 237 g/mol. The second-order valence-corrected chi connectivity index (χ2v) is 4.02. The Labute approximate surface area is 96.5 Å². The number of aromatic nitrogens is 1. The van der Waals surface area contributed by atoms with Crippen LogP contribution in [0, 0.1) is 0 Å². The number of halogens is 2. The average molecular weight is 244 g/mol. The Hall–Kier alpha value is -1.13. The normalized spacial score (nSPS) is 15.8. The molecule has 1 aromatic rings. The zero-order valence-corrected chi connectivity index (χ0v) is 9.38. The van der Waals surface area contributed by atoms with E-state index in [1.54, 1.807) is 6.92 Å². The molecule has 0 atom stereocenters. The SMILES string of the molecule is CC1=NN(c2ncc(Cl)cc2Cl)C(=O)C1. The molecule has 1 aliphatic heterocycles. The lowest BCUT2D eigenvalue weighted by atomic mass is 10.3. The third-order valence-corrected chi connectivity index (χ3v) is 2.39. The highest BCUT2D eigenvalue weighted by Gasteiger charge is 2.25. The Balaban J connectivity index is 2.42. The summed E-state index contributed by atoms with van der Waals surface area (Å²) in [5, 5.41) is 5.98. The number of hydrazone groups is 1. The van der Waals surface area contributed by atoms with Crippen LogP contribution < -0.4 is 5.01 Å². The number of carbonyl (C=O) groups is 1. The lowest BCUT2D eigenvalue weighted by Crippen LogP contribution is -2.20. The van der Waals surface area contributed by atoms with Gasteiger partial charge in [-0.15, -0.1) is 0 Å². The van der Waals surface area contributed by atoms with Crippen LogP contribution in [-0.2, 0) is 4.79 Å². The number of rotatable bonds is 1. The molecule has 4 nitrogen and oxygen atoms in total. The summed E-state index contributed by atoms with van der Waals surface area (Å²) in [4.78, 5) is 15.5. The third kappa shape index (κ3) is 1.96. The first-order valence-corrected chi connectivity index (χ1v) is 5.01. The standard InChI is InChI=1S/C9H7Cl2N3O/c1-5-2-8(15)14(13-5)9-7(11)3-6(10)4-12-9/h3-4H,2H2,1H3. The predicted molar refractivity (Wildman–Crippen MR) is 59.5 cm³/mol. The monoisotopic (exact) mass is 243 g/mol. The van der Waals surface area contributed by atoms with Crippen LogP contribution >= 0.6 is 23.2 Å². The molecule has 0 unspecified atom stereocenters. The minimum atomic E-state index is -0.135. The van der Waals surface area contributed by atoms with Crippen LogP contribution in [0.3, 0.4) is 0 Å². The summed E-state index contributed by atoms with van der Waals surface area (Å²) in [5.74, 6) is 0.187. The van der Waals surface area contributed by atoms with Crippen molar-refractivity contribution in [2.75, 3.05) is 5.01 Å². The summed E-state index contributed by atoms with van der Waals surface area (Å²) in [6.07, 6.45) is 1.74. The summed E-state index contributed by atoms with van der Waals surface area (Å²) in [5.41, 5.74) is 0.743. The van der Waals surface area contributed by atoms with Crippen molar-refractivity contribution in [2.45, 2.75) is 13.3 Å². The van der Waals surface area contributed by atoms with Crippen molar-refractivity contribution in [2.24, 2.45) is 5.10 Å². The van der Waals surface area contributed by atoms with Crippen LogP contribution in [-0.4, -0.2) is 16.6 Å². The second-order valence-electron chi connectivity index (χ2n) is 3.18. The molecule has 0 saturated carbocycles. The Morgan fingerprint density at radius 2 is 2.20 bits per heavy atom. The topological polar surface area (TPSA) is 45.6 Å². The number of nitrogens with zero attached hydrogens (tertiary/aromatic N) is 3. The van der Waals surface area contributed by atoms with E-state index in [1.807, 2.05) is 0 Å². The molecule has 0 aromatic carbocycles. The Bertz CT molecular complexity index is 459. The molecule has 0 spiro atoms. The van der Waals surface area contributed by atoms with Gasteiger partial charge in [-0.25, -0.2) is 4.98 Å². The number of hydrogen-bond donors (Lipinski definition) is 0. The van der Waals surface area contributed by atoms with Gasteiger partial charge in [0, 0.05) is 11.9 Å². The molecule has 1 amide bonds. The smallest absolute Gasteiger partial charge is 0.254 e. The van der Waals surface area contributed by atoms with Gasteiger partial charge in [0.1, 0.15) is 0 Å². The molecule has 0 radical (unpaired) electrons. The first-order chi connectivity index (χ1) is 7.08. The molecule has 0 aliphatic carbocycles. The van der Waals surface area contributed by atoms with E-state index >= 15 is 0 Å². The van der Waals surface area contributed by atoms with Crippen molar-refractivity contribution >= 4 is 40.6 Å². The molecule has 0 bridgehead atoms. The van der Waals surface area contributed by atoms with Gasteiger partial charge in [-0.3, -0.25) is 4.79 Å². The van der Waals surface area contributed by atoms with Crippen LogP contribution in [0.2, 0.25) is 10.0 Å². The van der Waals surface area contributed by atoms with Crippen LogP contribution in [0.25, 0.3) is 0 Å². The summed E-state index contributed by atoms with van der Waals surface area (Å²) >= 11 is 11.6. The largest absolute Gasteiger partial charge is 0.272 e. The molecule has 0 N–H and O–H groups in total. The molecule has 78 valence electrons. The van der Waals surface area contributed by atoms with Crippen molar-refractivity contribution in [1.82, 2.24) is 4.98 Å². The van der Waals surface area contributed by atoms with E-state index in [0.29, 0.717) is 22.3 Å². The van der Waals surface area contributed by atoms with Gasteiger partial charge in [-0.05, 0) is 13.0 Å². The van der Waals surface area contributed by atoms with Crippen molar-refractivity contribution in [3.8, 4) is 0 Å². The highest BCUT2D eigenvalue weighted by Crippen LogP contribution is 2.28. The van der Waals surface area contributed by atoms with Gasteiger partial charge in [0.05, 0.1) is 16.5 Å². The van der Waals surface area contributed by atoms with Crippen LogP contribution in [0.5, 0.6) is 0 Å². The van der Waals surface area contributed by atoms with Gasteiger partial charge in [0.2, 0.25) is 0 Å². The first kappa shape index (κ1) is 10.4. The van der Waals surface area contributed by atoms with E-state index in [9.17, 15) is 4.79 Å². The fourth-order valence-corrected chi connectivity index (χ4v) is 1.74. The Kier molecular flexibility index (Phi) is 2.63. The maximum atomic E-state index is 11.5. The zero-order chi connectivity index (χ0) is 11.0. The summed E-state index contributed by atoms with van der Waals surface area (Å²) in [6.45, 7) is 1.78. The van der Waals surface area contributed by atoms with Gasteiger partial charge >= 0.3 is 0 Å². The highest BCUT2D eigenvalue weighted by atomic mass is 35.5. The fourth-order valence-electron chi connectivity index (χ4n) is 1.28. The molecule has 6 heteroatoms. The molecule has 2 rings (SSSR count). The van der Waals surface area contributed by atoms with E-state index in [2.05, 4.69) is 10.1 Å². The molecule has 15 heavy (non-hydrogen) atoms. The van der Waals surface area contributed by atoms with Crippen molar-refractivity contribution in [3.63, 3.8) is 0 Å². The Morgan fingerprint density at radius 1 is 1.47 bits per heavy atom. The number of anilines is 1. The van der Waals surface area contributed by atoms with Crippen LogP contribution in [0.15, 0.2) is 17.4 Å². The maximum Gasteiger partial charge on any atom is 0.254 e. The molecule has 1 aliphatic rings. The van der Waals surface area contributed by atoms with Crippen molar-refractivity contribution < 1.29 is 4.79 Å². The first-order valence-electron chi connectivity index (χ1n) is 4.26. The molecule has 2 heterocycles. The number of amides is 1. The molecule has 1 aromatic heterocycles. The maximum absolute atomic E-state index is 11.5. The highest BCUT2D eigenvalue weighted by molar-refractivity contribution is 6.36. The van der Waals surface area contributed by atoms with E-state index < -0.39 is 0 Å². The second kappa shape index (κ2) is 3.79. The van der Waals surface area contributed by atoms with Gasteiger partial charge in [-0.2, -0.15) is 10.1 Å². The van der Waals surface area contributed by atoms with Gasteiger partial charge in [-0.1, -0.05) is 23.2 Å². The lowest BCUT2D eigenvalue weighted by Gasteiger charge is -2.11. The number of hydrogen-bond acceptors (Lipinski definition) is 3. The minimum absolute atomic E-state index is 0.135. The van der Waals surface area contributed by atoms with E-state index in [1.165, 1.54) is 17.3 Å². The summed E-state index contributed by atoms with van der Waals surface area (Å²) in [6, 6.07) is 1.53. The number of pyridine rings is 1. The van der Waals surface area contributed by atoms with E-state index in [4.69, 9.17) is 23.2 Å². The van der Waals surface area contributed by atoms with Gasteiger partial charge < -0.3 is 0 Å². The molecular formula is C9H7Cl2N3O. The van der Waals surface area contributed by atoms with Gasteiger partial charge in [0.25, 0.3) is 5.91 Å². The summed E-state index contributed by atoms with van der Waals surface area (Å²) in [7, 11) is 0. The third-order valence-electron chi connectivity index (χ3n) is 1.90. The fraction of sp³-hybridized carbons (Fsp3) is 0.222. The minimum Gasteiger partial charge on any atom is -0.272 e. The predicted octanol–water partition coefficient (Wildman–Crippen LogP) is 2.50. The van der Waals surface area contributed by atoms with Crippen LogP contribution in [0.1, 0.15) is 13.3 Å².